The van der Waals surface area contributed by atoms with Gasteiger partial charge in [0, 0.05) is 13.1 Å². The predicted molar refractivity (Wildman–Crippen MR) is 105 cm³/mol. The molecule has 6 heteroatoms. The van der Waals surface area contributed by atoms with Crippen molar-refractivity contribution in [2.24, 2.45) is 11.8 Å². The van der Waals surface area contributed by atoms with Crippen LogP contribution in [-0.2, 0) is 14.8 Å². The molecule has 1 N–H and O–H groups in total. The van der Waals surface area contributed by atoms with E-state index in [1.807, 2.05) is 52.0 Å². The largest absolute Gasteiger partial charge is 0.352 e. The zero-order valence-electron chi connectivity index (χ0n) is 16.1. The fraction of sp³-hybridized carbons (Fsp3) is 0.450. The Morgan fingerprint density at radius 2 is 1.58 bits per heavy atom. The molecule has 5 nitrogen and oxygen atoms in total. The van der Waals surface area contributed by atoms with Gasteiger partial charge in [0.25, 0.3) is 0 Å². The standard InChI is InChI=1S/C20H28N2O3S/c1-14(2)20(15(3)4)21-19(23)13-22(5)26(24,25)18-11-10-16-8-6-7-9-17(16)12-18/h6-12,14-15,20H,13H2,1-5H3,(H,21,23). The number of hydrogen-bond acceptors (Lipinski definition) is 3. The summed E-state index contributed by atoms with van der Waals surface area (Å²) in [6.45, 7) is 7.97. The van der Waals surface area contributed by atoms with E-state index >= 15 is 0 Å². The number of likely N-dealkylation sites (N-methyl/N-ethyl adjacent to an activating group) is 1. The van der Waals surface area contributed by atoms with Crippen molar-refractivity contribution in [3.63, 3.8) is 0 Å². The van der Waals surface area contributed by atoms with Crippen molar-refractivity contribution < 1.29 is 13.2 Å². The first kappa shape index (κ1) is 20.4. The number of rotatable bonds is 7. The van der Waals surface area contributed by atoms with E-state index in [1.54, 1.807) is 18.2 Å². The van der Waals surface area contributed by atoms with Gasteiger partial charge in [0.05, 0.1) is 11.4 Å². The second kappa shape index (κ2) is 8.18. The lowest BCUT2D eigenvalue weighted by atomic mass is 9.93. The molecule has 0 unspecified atom stereocenters. The molecule has 2 aromatic carbocycles. The summed E-state index contributed by atoms with van der Waals surface area (Å²) in [5.74, 6) is 0.270. The van der Waals surface area contributed by atoms with Gasteiger partial charge < -0.3 is 5.32 Å². The molecule has 0 aliphatic carbocycles. The molecule has 26 heavy (non-hydrogen) atoms. The second-order valence-corrected chi connectivity index (χ2v) is 9.40. The highest BCUT2D eigenvalue weighted by Crippen LogP contribution is 2.21. The van der Waals surface area contributed by atoms with Crippen LogP contribution in [-0.4, -0.2) is 38.3 Å². The van der Waals surface area contributed by atoms with E-state index in [0.717, 1.165) is 15.1 Å². The average molecular weight is 377 g/mol. The van der Waals surface area contributed by atoms with E-state index in [-0.39, 0.29) is 35.2 Å². The van der Waals surface area contributed by atoms with E-state index in [9.17, 15) is 13.2 Å². The Balaban J connectivity index is 2.16. The number of amides is 1. The highest BCUT2D eigenvalue weighted by molar-refractivity contribution is 7.89. The molecule has 0 aliphatic heterocycles. The maximum Gasteiger partial charge on any atom is 0.243 e. The normalized spacial score (nSPS) is 12.5. The zero-order chi connectivity index (χ0) is 19.5. The lowest BCUT2D eigenvalue weighted by molar-refractivity contribution is -0.122. The third-order valence-corrected chi connectivity index (χ3v) is 6.36. The molecule has 0 radical (unpaired) electrons. The number of sulfonamides is 1. The van der Waals surface area contributed by atoms with Crippen LogP contribution in [0.1, 0.15) is 27.7 Å². The number of benzene rings is 2. The summed E-state index contributed by atoms with van der Waals surface area (Å²) in [7, 11) is -2.29. The molecule has 0 spiro atoms. The van der Waals surface area contributed by atoms with Crippen molar-refractivity contribution in [3.05, 3.63) is 42.5 Å². The molecule has 0 heterocycles. The van der Waals surface area contributed by atoms with E-state index < -0.39 is 10.0 Å². The lowest BCUT2D eigenvalue weighted by Crippen LogP contribution is -2.46. The van der Waals surface area contributed by atoms with Gasteiger partial charge in [0.2, 0.25) is 15.9 Å². The van der Waals surface area contributed by atoms with Crippen molar-refractivity contribution in [1.29, 1.82) is 0 Å². The van der Waals surface area contributed by atoms with Gasteiger partial charge in [0.1, 0.15) is 0 Å². The van der Waals surface area contributed by atoms with Gasteiger partial charge in [-0.3, -0.25) is 4.79 Å². The number of nitrogens with one attached hydrogen (secondary N) is 1. The van der Waals surface area contributed by atoms with Gasteiger partial charge >= 0.3 is 0 Å². The molecule has 0 fully saturated rings. The first-order chi connectivity index (χ1) is 12.1. The van der Waals surface area contributed by atoms with Crippen molar-refractivity contribution in [1.82, 2.24) is 9.62 Å². The van der Waals surface area contributed by atoms with Gasteiger partial charge in [-0.1, -0.05) is 58.0 Å². The monoisotopic (exact) mass is 376 g/mol. The summed E-state index contributed by atoms with van der Waals surface area (Å²) in [6, 6.07) is 12.6. The van der Waals surface area contributed by atoms with Crippen LogP contribution in [0, 0.1) is 11.8 Å². The summed E-state index contributed by atoms with van der Waals surface area (Å²) >= 11 is 0. The Morgan fingerprint density at radius 1 is 1.00 bits per heavy atom. The van der Waals surface area contributed by atoms with Crippen LogP contribution < -0.4 is 5.32 Å². The fourth-order valence-corrected chi connectivity index (χ4v) is 4.29. The lowest BCUT2D eigenvalue weighted by Gasteiger charge is -2.27. The molecule has 0 saturated heterocycles. The first-order valence-corrected chi connectivity index (χ1v) is 10.3. The molecular weight excluding hydrogens is 348 g/mol. The van der Waals surface area contributed by atoms with Gasteiger partial charge in [0.15, 0.2) is 0 Å². The molecular formula is C20H28N2O3S. The van der Waals surface area contributed by atoms with E-state index in [2.05, 4.69) is 5.32 Å². The molecule has 1 amide bonds. The number of carbonyl (C=O) groups is 1. The summed E-state index contributed by atoms with van der Waals surface area (Å²) in [5, 5.41) is 4.78. The smallest absolute Gasteiger partial charge is 0.243 e. The quantitative estimate of drug-likeness (QED) is 0.807. The van der Waals surface area contributed by atoms with Crippen molar-refractivity contribution in [2.75, 3.05) is 13.6 Å². The molecule has 0 bridgehead atoms. The highest BCUT2D eigenvalue weighted by Gasteiger charge is 2.25. The van der Waals surface area contributed by atoms with Crippen LogP contribution in [0.15, 0.2) is 47.4 Å². The predicted octanol–water partition coefficient (Wildman–Crippen LogP) is 3.26. The summed E-state index contributed by atoms with van der Waals surface area (Å²) in [6.07, 6.45) is 0. The summed E-state index contributed by atoms with van der Waals surface area (Å²) < 4.78 is 26.7. The molecule has 142 valence electrons. The molecule has 2 aromatic rings. The van der Waals surface area contributed by atoms with Gasteiger partial charge in [-0.2, -0.15) is 4.31 Å². The third kappa shape index (κ3) is 4.62. The van der Waals surface area contributed by atoms with Crippen LogP contribution in [0.5, 0.6) is 0 Å². The Hall–Kier alpha value is -1.92. The Bertz CT molecular complexity index is 868. The van der Waals surface area contributed by atoms with E-state index in [4.69, 9.17) is 0 Å². The summed E-state index contributed by atoms with van der Waals surface area (Å²) in [4.78, 5) is 12.5. The topological polar surface area (TPSA) is 66.5 Å². The number of fused-ring (bicyclic) bond motifs is 1. The zero-order valence-corrected chi connectivity index (χ0v) is 16.9. The van der Waals surface area contributed by atoms with Crippen molar-refractivity contribution >= 4 is 26.7 Å². The molecule has 2 rings (SSSR count). The minimum absolute atomic E-state index is 0.0132. The molecule has 0 saturated carbocycles. The van der Waals surface area contributed by atoms with Crippen LogP contribution in [0.2, 0.25) is 0 Å². The maximum absolute atomic E-state index is 12.8. The van der Waals surface area contributed by atoms with E-state index in [1.165, 1.54) is 7.05 Å². The third-order valence-electron chi connectivity index (χ3n) is 4.56. The Morgan fingerprint density at radius 3 is 2.15 bits per heavy atom. The minimum atomic E-state index is -3.73. The number of hydrogen-bond donors (Lipinski definition) is 1. The molecule has 0 atom stereocenters. The molecule has 0 aromatic heterocycles. The minimum Gasteiger partial charge on any atom is -0.352 e. The van der Waals surface area contributed by atoms with Crippen molar-refractivity contribution in [2.45, 2.75) is 38.6 Å². The van der Waals surface area contributed by atoms with E-state index in [0.29, 0.717) is 0 Å². The van der Waals surface area contributed by atoms with Gasteiger partial charge in [-0.25, -0.2) is 8.42 Å². The van der Waals surface area contributed by atoms with Crippen molar-refractivity contribution in [3.8, 4) is 0 Å². The maximum atomic E-state index is 12.8. The first-order valence-electron chi connectivity index (χ1n) is 8.87. The average Bonchev–Trinajstić information content (AvgIpc) is 2.58. The Kier molecular flexibility index (Phi) is 6.42. The SMILES string of the molecule is CC(C)C(NC(=O)CN(C)S(=O)(=O)c1ccc2ccccc2c1)C(C)C. The van der Waals surface area contributed by atoms with Crippen LogP contribution in [0.25, 0.3) is 10.8 Å². The van der Waals surface area contributed by atoms with Gasteiger partial charge in [-0.15, -0.1) is 0 Å². The van der Waals surface area contributed by atoms with Gasteiger partial charge in [-0.05, 0) is 34.7 Å². The molecule has 0 aliphatic rings. The van der Waals surface area contributed by atoms with Crippen LogP contribution >= 0.6 is 0 Å². The second-order valence-electron chi connectivity index (χ2n) is 7.35. The van der Waals surface area contributed by atoms with Crippen LogP contribution in [0.4, 0.5) is 0 Å². The highest BCUT2D eigenvalue weighted by atomic mass is 32.2. The van der Waals surface area contributed by atoms with Crippen LogP contribution in [0.3, 0.4) is 0 Å². The number of nitrogens with zero attached hydrogens (tertiary/aromatic N) is 1. The number of carbonyl (C=O) groups excluding carboxylic acids is 1. The summed E-state index contributed by atoms with van der Waals surface area (Å²) in [5.41, 5.74) is 0. The fourth-order valence-electron chi connectivity index (χ4n) is 3.13. The Labute approximate surface area is 156 Å².